The Morgan fingerprint density at radius 2 is 1.86 bits per heavy atom. The van der Waals surface area contributed by atoms with Crippen LogP contribution in [0.25, 0.3) is 0 Å². The van der Waals surface area contributed by atoms with Gasteiger partial charge in [-0.1, -0.05) is 31.5 Å². The molecule has 4 nitrogen and oxygen atoms in total. The number of hydrogen-bond acceptors (Lipinski definition) is 3. The van der Waals surface area contributed by atoms with Gasteiger partial charge in [0.15, 0.2) is 5.78 Å². The van der Waals surface area contributed by atoms with Crippen LogP contribution in [0.2, 0.25) is 0 Å². The molecule has 0 aliphatic carbocycles. The van der Waals surface area contributed by atoms with Crippen LogP contribution in [0.1, 0.15) is 54.6 Å². The average Bonchev–Trinajstić information content (AvgIpc) is 2.46. The highest BCUT2D eigenvalue weighted by Crippen LogP contribution is 2.14. The van der Waals surface area contributed by atoms with Crippen LogP contribution in [0.3, 0.4) is 0 Å². The lowest BCUT2D eigenvalue weighted by atomic mass is 9.99. The van der Waals surface area contributed by atoms with Crippen molar-refractivity contribution in [2.24, 2.45) is 5.92 Å². The third kappa shape index (κ3) is 5.98. The molecule has 0 radical (unpaired) electrons. The van der Waals surface area contributed by atoms with Crippen LogP contribution in [-0.4, -0.2) is 29.4 Å². The molecule has 1 rings (SSSR count). The van der Waals surface area contributed by atoms with E-state index in [1.54, 1.807) is 0 Å². The minimum absolute atomic E-state index is 0.0132. The molecule has 1 aromatic carbocycles. The van der Waals surface area contributed by atoms with Crippen molar-refractivity contribution in [1.82, 2.24) is 5.32 Å². The normalized spacial score (nSPS) is 12.3. The summed E-state index contributed by atoms with van der Waals surface area (Å²) < 4.78 is 0. The van der Waals surface area contributed by atoms with Crippen molar-refractivity contribution >= 4 is 11.7 Å². The Hall–Kier alpha value is -1.68. The molecule has 0 heterocycles. The second-order valence-corrected chi connectivity index (χ2v) is 6.32. The summed E-state index contributed by atoms with van der Waals surface area (Å²) in [6.07, 6.45) is 1.07. The number of benzene rings is 1. The van der Waals surface area contributed by atoms with Gasteiger partial charge in [-0.2, -0.15) is 0 Å². The number of carbonyl (C=O) groups excluding carboxylic acids is 2. The third-order valence-corrected chi connectivity index (χ3v) is 3.61. The zero-order valence-corrected chi connectivity index (χ0v) is 14.0. The van der Waals surface area contributed by atoms with Crippen LogP contribution in [0, 0.1) is 19.8 Å². The first-order chi connectivity index (χ1) is 10.3. The van der Waals surface area contributed by atoms with E-state index < -0.39 is 0 Å². The maximum absolute atomic E-state index is 12.2. The first-order valence-electron chi connectivity index (χ1n) is 7.84. The Labute approximate surface area is 132 Å². The number of Topliss-reactive ketones (excluding diaryl/α,β-unsaturated/α-hetero) is 1. The lowest BCUT2D eigenvalue weighted by molar-refractivity contribution is -0.122. The number of aliphatic hydroxyl groups excluding tert-OH is 1. The van der Waals surface area contributed by atoms with E-state index >= 15 is 0 Å². The Morgan fingerprint density at radius 3 is 2.45 bits per heavy atom. The van der Waals surface area contributed by atoms with E-state index in [9.17, 15) is 14.7 Å². The molecule has 122 valence electrons. The van der Waals surface area contributed by atoms with Crippen LogP contribution < -0.4 is 5.32 Å². The molecule has 0 fully saturated rings. The van der Waals surface area contributed by atoms with Crippen LogP contribution in [0.4, 0.5) is 0 Å². The highest BCUT2D eigenvalue weighted by molar-refractivity contribution is 5.99. The van der Waals surface area contributed by atoms with Gasteiger partial charge in [-0.05, 0) is 37.8 Å². The Bertz CT molecular complexity index is 523. The fourth-order valence-electron chi connectivity index (χ4n) is 2.45. The summed E-state index contributed by atoms with van der Waals surface area (Å²) in [5, 5.41) is 12.1. The number of aliphatic hydroxyl groups is 1. The summed E-state index contributed by atoms with van der Waals surface area (Å²) in [6, 6.07) is 5.53. The lowest BCUT2D eigenvalue weighted by Crippen LogP contribution is -2.38. The largest absolute Gasteiger partial charge is 0.394 e. The molecule has 0 aliphatic heterocycles. The molecule has 1 amide bonds. The maximum atomic E-state index is 12.2. The molecule has 1 atom stereocenters. The van der Waals surface area contributed by atoms with Crippen LogP contribution >= 0.6 is 0 Å². The first-order valence-corrected chi connectivity index (χ1v) is 7.84. The second-order valence-electron chi connectivity index (χ2n) is 6.32. The quantitative estimate of drug-likeness (QED) is 0.726. The van der Waals surface area contributed by atoms with E-state index in [1.165, 1.54) is 0 Å². The van der Waals surface area contributed by atoms with Gasteiger partial charge in [-0.15, -0.1) is 0 Å². The zero-order valence-electron chi connectivity index (χ0n) is 14.0. The fraction of sp³-hybridized carbons (Fsp3) is 0.556. The van der Waals surface area contributed by atoms with Gasteiger partial charge >= 0.3 is 0 Å². The summed E-state index contributed by atoms with van der Waals surface area (Å²) in [5.41, 5.74) is 2.66. The number of aryl methyl sites for hydroxylation is 2. The van der Waals surface area contributed by atoms with Gasteiger partial charge in [0, 0.05) is 18.4 Å². The standard InChI is InChI=1S/C18H27NO3/c1-12(2)9-15(11-20)19-18(22)8-7-17(21)16-10-13(3)5-6-14(16)4/h5-6,10,12,15,20H,7-9,11H2,1-4H3,(H,19,22). The molecule has 0 saturated heterocycles. The predicted molar refractivity (Wildman–Crippen MR) is 88.0 cm³/mol. The van der Waals surface area contributed by atoms with Gasteiger partial charge in [0.1, 0.15) is 0 Å². The molecule has 0 aliphatic rings. The lowest BCUT2D eigenvalue weighted by Gasteiger charge is -2.18. The highest BCUT2D eigenvalue weighted by atomic mass is 16.3. The molecular weight excluding hydrogens is 278 g/mol. The summed E-state index contributed by atoms with van der Waals surface area (Å²) in [6.45, 7) is 7.85. The zero-order chi connectivity index (χ0) is 16.7. The molecule has 0 aromatic heterocycles. The summed E-state index contributed by atoms with van der Waals surface area (Å²) >= 11 is 0. The third-order valence-electron chi connectivity index (χ3n) is 3.61. The highest BCUT2D eigenvalue weighted by Gasteiger charge is 2.15. The molecule has 2 N–H and O–H groups in total. The SMILES string of the molecule is Cc1ccc(C)c(C(=O)CCC(=O)NC(CO)CC(C)C)c1. The summed E-state index contributed by atoms with van der Waals surface area (Å²) in [5.74, 6) is 0.202. The van der Waals surface area contributed by atoms with E-state index in [-0.39, 0.29) is 37.2 Å². The van der Waals surface area contributed by atoms with Crippen LogP contribution in [-0.2, 0) is 4.79 Å². The van der Waals surface area contributed by atoms with Crippen molar-refractivity contribution < 1.29 is 14.7 Å². The number of amides is 1. The predicted octanol–water partition coefficient (Wildman–Crippen LogP) is 2.79. The molecule has 0 saturated carbocycles. The Kier molecular flexibility index (Phi) is 7.25. The van der Waals surface area contributed by atoms with Crippen LogP contribution in [0.15, 0.2) is 18.2 Å². The number of nitrogens with one attached hydrogen (secondary N) is 1. The molecule has 1 aromatic rings. The monoisotopic (exact) mass is 305 g/mol. The minimum Gasteiger partial charge on any atom is -0.394 e. The summed E-state index contributed by atoms with van der Waals surface area (Å²) in [4.78, 5) is 24.1. The topological polar surface area (TPSA) is 66.4 Å². The van der Waals surface area contributed by atoms with Crippen molar-refractivity contribution in [3.63, 3.8) is 0 Å². The number of rotatable bonds is 8. The number of ketones is 1. The van der Waals surface area contributed by atoms with Crippen molar-refractivity contribution in [3.05, 3.63) is 34.9 Å². The average molecular weight is 305 g/mol. The first kappa shape index (κ1) is 18.4. The molecule has 4 heteroatoms. The molecule has 0 bridgehead atoms. The smallest absolute Gasteiger partial charge is 0.220 e. The van der Waals surface area contributed by atoms with E-state index in [2.05, 4.69) is 5.32 Å². The van der Waals surface area contributed by atoms with Gasteiger partial charge in [0.2, 0.25) is 5.91 Å². The maximum Gasteiger partial charge on any atom is 0.220 e. The second kappa shape index (κ2) is 8.69. The van der Waals surface area contributed by atoms with Crippen molar-refractivity contribution in [2.45, 2.75) is 53.0 Å². The van der Waals surface area contributed by atoms with Crippen LogP contribution in [0.5, 0.6) is 0 Å². The van der Waals surface area contributed by atoms with E-state index in [0.717, 1.165) is 17.5 Å². The van der Waals surface area contributed by atoms with Crippen molar-refractivity contribution in [3.8, 4) is 0 Å². The molecule has 1 unspecified atom stereocenters. The molecular formula is C18H27NO3. The van der Waals surface area contributed by atoms with E-state index in [4.69, 9.17) is 0 Å². The van der Waals surface area contributed by atoms with Gasteiger partial charge in [-0.25, -0.2) is 0 Å². The number of carbonyl (C=O) groups is 2. The Balaban J connectivity index is 2.53. The van der Waals surface area contributed by atoms with Gasteiger partial charge in [-0.3, -0.25) is 9.59 Å². The van der Waals surface area contributed by atoms with Gasteiger partial charge in [0.25, 0.3) is 0 Å². The number of hydrogen-bond donors (Lipinski definition) is 2. The van der Waals surface area contributed by atoms with Crippen molar-refractivity contribution in [2.75, 3.05) is 6.61 Å². The summed E-state index contributed by atoms with van der Waals surface area (Å²) in [7, 11) is 0. The minimum atomic E-state index is -0.233. The molecule has 22 heavy (non-hydrogen) atoms. The van der Waals surface area contributed by atoms with Gasteiger partial charge in [0.05, 0.1) is 12.6 Å². The van der Waals surface area contributed by atoms with E-state index in [1.807, 2.05) is 45.9 Å². The van der Waals surface area contributed by atoms with E-state index in [0.29, 0.717) is 11.5 Å². The molecule has 0 spiro atoms. The van der Waals surface area contributed by atoms with Gasteiger partial charge < -0.3 is 10.4 Å². The van der Waals surface area contributed by atoms with Crippen molar-refractivity contribution in [1.29, 1.82) is 0 Å². The Morgan fingerprint density at radius 1 is 1.18 bits per heavy atom. The fourth-order valence-corrected chi connectivity index (χ4v) is 2.45.